The van der Waals surface area contributed by atoms with Crippen LogP contribution in [0.5, 0.6) is 5.75 Å². The SMILES string of the molecule is COc1ccc(-c2ccccc2CCC(=O)N2CC(CN(C)C)Cc3ccccc32)cc1. The standard InChI is InChI=1S/C28H32N2O2/c1-29(2)19-21-18-24-9-5-7-11-27(24)30(20-21)28(31)17-14-22-8-4-6-10-26(22)23-12-15-25(32-3)16-13-23/h4-13,15-16,21H,14,17-20H2,1-3H3. The first-order valence-electron chi connectivity index (χ1n) is 11.3. The maximum atomic E-state index is 13.4. The Morgan fingerprint density at radius 2 is 1.72 bits per heavy atom. The minimum Gasteiger partial charge on any atom is -0.497 e. The average molecular weight is 429 g/mol. The number of fused-ring (bicyclic) bond motifs is 1. The van der Waals surface area contributed by atoms with Crippen molar-refractivity contribution in [1.29, 1.82) is 0 Å². The van der Waals surface area contributed by atoms with Gasteiger partial charge >= 0.3 is 0 Å². The number of anilines is 1. The maximum absolute atomic E-state index is 13.4. The van der Waals surface area contributed by atoms with Gasteiger partial charge in [-0.1, -0.05) is 54.6 Å². The highest BCUT2D eigenvalue weighted by Crippen LogP contribution is 2.31. The monoisotopic (exact) mass is 428 g/mol. The fraction of sp³-hybridized carbons (Fsp3) is 0.321. The number of nitrogens with zero attached hydrogens (tertiary/aromatic N) is 2. The number of ether oxygens (including phenoxy) is 1. The second kappa shape index (κ2) is 10.0. The minimum atomic E-state index is 0.199. The molecule has 0 N–H and O–H groups in total. The van der Waals surface area contributed by atoms with Gasteiger partial charge in [0.25, 0.3) is 0 Å². The lowest BCUT2D eigenvalue weighted by atomic mass is 9.91. The molecular formula is C28H32N2O2. The van der Waals surface area contributed by atoms with Crippen LogP contribution in [0.25, 0.3) is 11.1 Å². The van der Waals surface area contributed by atoms with E-state index in [2.05, 4.69) is 73.6 Å². The third kappa shape index (κ3) is 5.03. The van der Waals surface area contributed by atoms with Gasteiger partial charge in [-0.05, 0) is 73.3 Å². The summed E-state index contributed by atoms with van der Waals surface area (Å²) in [6.07, 6.45) is 2.24. The van der Waals surface area contributed by atoms with Gasteiger partial charge in [0.2, 0.25) is 5.91 Å². The molecule has 0 aliphatic carbocycles. The highest BCUT2D eigenvalue weighted by molar-refractivity contribution is 5.95. The normalized spacial score (nSPS) is 15.5. The Kier molecular flexibility index (Phi) is 6.91. The molecule has 0 saturated carbocycles. The van der Waals surface area contributed by atoms with Gasteiger partial charge in [0.05, 0.1) is 7.11 Å². The quantitative estimate of drug-likeness (QED) is 0.527. The van der Waals surface area contributed by atoms with E-state index in [1.165, 1.54) is 16.7 Å². The molecule has 3 aromatic carbocycles. The summed E-state index contributed by atoms with van der Waals surface area (Å²) in [4.78, 5) is 17.6. The molecule has 1 unspecified atom stereocenters. The lowest BCUT2D eigenvalue weighted by Gasteiger charge is -2.36. The van der Waals surface area contributed by atoms with Gasteiger partial charge in [-0.2, -0.15) is 0 Å². The maximum Gasteiger partial charge on any atom is 0.227 e. The van der Waals surface area contributed by atoms with Crippen molar-refractivity contribution >= 4 is 11.6 Å². The Bertz CT molecular complexity index is 1060. The number of hydrogen-bond acceptors (Lipinski definition) is 3. The van der Waals surface area contributed by atoms with E-state index in [9.17, 15) is 4.79 Å². The number of amides is 1. The largest absolute Gasteiger partial charge is 0.497 e. The van der Waals surface area contributed by atoms with E-state index in [-0.39, 0.29) is 5.91 Å². The van der Waals surface area contributed by atoms with Crippen molar-refractivity contribution in [1.82, 2.24) is 4.90 Å². The molecule has 1 atom stereocenters. The Morgan fingerprint density at radius 3 is 2.47 bits per heavy atom. The Morgan fingerprint density at radius 1 is 1.00 bits per heavy atom. The first-order valence-corrected chi connectivity index (χ1v) is 11.3. The van der Waals surface area contributed by atoms with E-state index in [4.69, 9.17) is 4.74 Å². The molecule has 0 spiro atoms. The van der Waals surface area contributed by atoms with Crippen molar-refractivity contribution in [2.24, 2.45) is 5.92 Å². The molecule has 1 aliphatic rings. The molecule has 0 saturated heterocycles. The number of benzene rings is 3. The van der Waals surface area contributed by atoms with Crippen molar-refractivity contribution in [3.05, 3.63) is 83.9 Å². The first-order chi connectivity index (χ1) is 15.5. The molecule has 0 fully saturated rings. The molecule has 4 rings (SSSR count). The lowest BCUT2D eigenvalue weighted by molar-refractivity contribution is -0.118. The topological polar surface area (TPSA) is 32.8 Å². The van der Waals surface area contributed by atoms with Crippen LogP contribution in [-0.2, 0) is 17.6 Å². The Hall–Kier alpha value is -3.11. The van der Waals surface area contributed by atoms with Crippen LogP contribution in [0.4, 0.5) is 5.69 Å². The number of hydrogen-bond donors (Lipinski definition) is 0. The van der Waals surface area contributed by atoms with Gasteiger partial charge in [-0.3, -0.25) is 4.79 Å². The first kappa shape index (κ1) is 22.1. The van der Waals surface area contributed by atoms with Gasteiger partial charge in [0, 0.05) is 25.2 Å². The second-order valence-electron chi connectivity index (χ2n) is 8.85. The molecule has 1 aliphatic heterocycles. The van der Waals surface area contributed by atoms with Crippen LogP contribution >= 0.6 is 0 Å². The summed E-state index contributed by atoms with van der Waals surface area (Å²) in [7, 11) is 5.88. The third-order valence-electron chi connectivity index (χ3n) is 6.18. The molecule has 166 valence electrons. The van der Waals surface area contributed by atoms with Crippen LogP contribution in [0.3, 0.4) is 0 Å². The minimum absolute atomic E-state index is 0.199. The number of carbonyl (C=O) groups excluding carboxylic acids is 1. The van der Waals surface area contributed by atoms with Crippen molar-refractivity contribution in [3.63, 3.8) is 0 Å². The summed E-state index contributed by atoms with van der Waals surface area (Å²) in [5.41, 5.74) is 5.87. The van der Waals surface area contributed by atoms with Crippen LogP contribution in [0, 0.1) is 5.92 Å². The van der Waals surface area contributed by atoms with E-state index in [0.717, 1.165) is 42.9 Å². The molecule has 1 heterocycles. The van der Waals surface area contributed by atoms with Crippen LogP contribution in [-0.4, -0.2) is 45.1 Å². The van der Waals surface area contributed by atoms with Crippen molar-refractivity contribution in [2.45, 2.75) is 19.3 Å². The number of methoxy groups -OCH3 is 1. The van der Waals surface area contributed by atoms with Gasteiger partial charge in [0.1, 0.15) is 5.75 Å². The number of carbonyl (C=O) groups is 1. The van der Waals surface area contributed by atoms with Gasteiger partial charge in [-0.15, -0.1) is 0 Å². The molecule has 3 aromatic rings. The molecule has 4 heteroatoms. The highest BCUT2D eigenvalue weighted by Gasteiger charge is 2.28. The van der Waals surface area contributed by atoms with E-state index in [0.29, 0.717) is 12.3 Å². The van der Waals surface area contributed by atoms with Crippen LogP contribution in [0.15, 0.2) is 72.8 Å². The third-order valence-corrected chi connectivity index (χ3v) is 6.18. The Labute approximate surface area is 191 Å². The van der Waals surface area contributed by atoms with E-state index in [1.54, 1.807) is 7.11 Å². The van der Waals surface area contributed by atoms with E-state index in [1.807, 2.05) is 23.1 Å². The van der Waals surface area contributed by atoms with Gasteiger partial charge in [0.15, 0.2) is 0 Å². The smallest absolute Gasteiger partial charge is 0.227 e. The summed E-state index contributed by atoms with van der Waals surface area (Å²) >= 11 is 0. The zero-order chi connectivity index (χ0) is 22.5. The van der Waals surface area contributed by atoms with Crippen LogP contribution in [0.2, 0.25) is 0 Å². The van der Waals surface area contributed by atoms with Crippen LogP contribution < -0.4 is 9.64 Å². The number of rotatable bonds is 7. The summed E-state index contributed by atoms with van der Waals surface area (Å²) in [6.45, 7) is 1.77. The predicted molar refractivity (Wildman–Crippen MR) is 131 cm³/mol. The predicted octanol–water partition coefficient (Wildman–Crippen LogP) is 5.06. The molecule has 1 amide bonds. The molecular weight excluding hydrogens is 396 g/mol. The fourth-order valence-electron chi connectivity index (χ4n) is 4.72. The number of para-hydroxylation sites is 1. The van der Waals surface area contributed by atoms with Crippen molar-refractivity contribution in [3.8, 4) is 16.9 Å². The van der Waals surface area contributed by atoms with E-state index < -0.39 is 0 Å². The molecule has 0 bridgehead atoms. The summed E-state index contributed by atoms with van der Waals surface area (Å²) < 4.78 is 5.29. The summed E-state index contributed by atoms with van der Waals surface area (Å²) in [5, 5.41) is 0. The molecule has 0 radical (unpaired) electrons. The molecule has 0 aromatic heterocycles. The van der Waals surface area contributed by atoms with Gasteiger partial charge in [-0.25, -0.2) is 0 Å². The molecule has 32 heavy (non-hydrogen) atoms. The summed E-state index contributed by atoms with van der Waals surface area (Å²) in [6, 6.07) is 24.8. The average Bonchev–Trinajstić information content (AvgIpc) is 2.82. The highest BCUT2D eigenvalue weighted by atomic mass is 16.5. The van der Waals surface area contributed by atoms with Gasteiger partial charge < -0.3 is 14.5 Å². The fourth-order valence-corrected chi connectivity index (χ4v) is 4.72. The summed E-state index contributed by atoms with van der Waals surface area (Å²) in [5.74, 6) is 1.50. The molecule has 4 nitrogen and oxygen atoms in total. The van der Waals surface area contributed by atoms with Crippen molar-refractivity contribution in [2.75, 3.05) is 39.2 Å². The Balaban J connectivity index is 1.51. The van der Waals surface area contributed by atoms with Crippen LogP contribution in [0.1, 0.15) is 17.5 Å². The van der Waals surface area contributed by atoms with Crippen molar-refractivity contribution < 1.29 is 9.53 Å². The zero-order valence-corrected chi connectivity index (χ0v) is 19.3. The lowest BCUT2D eigenvalue weighted by Crippen LogP contribution is -2.43. The number of aryl methyl sites for hydroxylation is 1. The van der Waals surface area contributed by atoms with E-state index >= 15 is 0 Å². The zero-order valence-electron chi connectivity index (χ0n) is 19.3. The second-order valence-corrected chi connectivity index (χ2v) is 8.85.